The largest absolute Gasteiger partial charge is 0.478 e. The van der Waals surface area contributed by atoms with Gasteiger partial charge in [0.25, 0.3) is 0 Å². The molecule has 0 aromatic rings. The summed E-state index contributed by atoms with van der Waals surface area (Å²) < 4.78 is 0. The Balaban J connectivity index is 2.51. The van der Waals surface area contributed by atoms with E-state index in [4.69, 9.17) is 5.11 Å². The van der Waals surface area contributed by atoms with Gasteiger partial charge in [0.2, 0.25) is 0 Å². The molecule has 1 rings (SSSR count). The molecule has 0 aromatic carbocycles. The van der Waals surface area contributed by atoms with Gasteiger partial charge >= 0.3 is 5.97 Å². The molecule has 0 radical (unpaired) electrons. The van der Waals surface area contributed by atoms with Crippen molar-refractivity contribution in [1.29, 1.82) is 0 Å². The van der Waals surface area contributed by atoms with Crippen LogP contribution in [0.1, 0.15) is 77.6 Å². The van der Waals surface area contributed by atoms with Gasteiger partial charge < -0.3 is 5.11 Å². The van der Waals surface area contributed by atoms with E-state index in [1.165, 1.54) is 63.9 Å². The number of carboxylic acids is 1. The smallest absolute Gasteiger partial charge is 0.327 e. The number of aliphatic carboxylic acids is 1. The lowest BCUT2D eigenvalue weighted by Gasteiger charge is -2.26. The van der Waals surface area contributed by atoms with E-state index in [0.717, 1.165) is 12.8 Å². The van der Waals surface area contributed by atoms with Crippen LogP contribution in [-0.2, 0) is 4.79 Å². The molecule has 1 aliphatic rings. The maximum absolute atomic E-state index is 10.7. The maximum Gasteiger partial charge on any atom is 0.327 e. The van der Waals surface area contributed by atoms with E-state index in [1.807, 2.05) is 6.08 Å². The first-order valence-corrected chi connectivity index (χ1v) is 7.55. The van der Waals surface area contributed by atoms with Crippen molar-refractivity contribution < 1.29 is 9.90 Å². The molecule has 1 fully saturated rings. The summed E-state index contributed by atoms with van der Waals surface area (Å²) in [5, 5.41) is 8.78. The zero-order chi connectivity index (χ0) is 13.3. The molecule has 1 N–H and O–H groups in total. The summed E-state index contributed by atoms with van der Waals surface area (Å²) in [5.74, 6) is -0.817. The molecule has 0 bridgehead atoms. The molecule has 104 valence electrons. The Morgan fingerprint density at radius 2 is 1.28 bits per heavy atom. The Morgan fingerprint density at radius 3 is 1.67 bits per heavy atom. The van der Waals surface area contributed by atoms with Crippen LogP contribution in [0.3, 0.4) is 0 Å². The summed E-state index contributed by atoms with van der Waals surface area (Å²) >= 11 is 0. The summed E-state index contributed by atoms with van der Waals surface area (Å²) in [4.78, 5) is 10.7. The van der Waals surface area contributed by atoms with E-state index in [9.17, 15) is 4.79 Å². The van der Waals surface area contributed by atoms with Gasteiger partial charge in [0.1, 0.15) is 0 Å². The van der Waals surface area contributed by atoms with Gasteiger partial charge in [-0.2, -0.15) is 0 Å². The molecule has 0 aromatic heterocycles. The van der Waals surface area contributed by atoms with Gasteiger partial charge in [-0.15, -0.1) is 0 Å². The Bertz CT molecular complexity index is 256. The predicted molar refractivity (Wildman–Crippen MR) is 75.7 cm³/mol. The quantitative estimate of drug-likeness (QED) is 0.707. The maximum atomic E-state index is 10.7. The average molecular weight is 252 g/mol. The van der Waals surface area contributed by atoms with Crippen LogP contribution in [-0.4, -0.2) is 11.1 Å². The zero-order valence-corrected chi connectivity index (χ0v) is 11.8. The molecular formula is C16H28O2. The van der Waals surface area contributed by atoms with Crippen LogP contribution in [0, 0.1) is 5.41 Å². The molecule has 1 saturated carbocycles. The van der Waals surface area contributed by atoms with Gasteiger partial charge in [0, 0.05) is 6.08 Å². The highest BCUT2D eigenvalue weighted by Crippen LogP contribution is 2.33. The second kappa shape index (κ2) is 8.34. The third-order valence-corrected chi connectivity index (χ3v) is 4.12. The molecule has 2 heteroatoms. The van der Waals surface area contributed by atoms with Gasteiger partial charge in [-0.25, -0.2) is 4.79 Å². The normalized spacial score (nSPS) is 23.2. The molecule has 0 spiro atoms. The van der Waals surface area contributed by atoms with E-state index >= 15 is 0 Å². The molecule has 0 aliphatic heterocycles. The minimum Gasteiger partial charge on any atom is -0.478 e. The van der Waals surface area contributed by atoms with E-state index in [0.29, 0.717) is 0 Å². The van der Waals surface area contributed by atoms with Crippen molar-refractivity contribution in [2.45, 2.75) is 77.6 Å². The van der Waals surface area contributed by atoms with Crippen LogP contribution in [0.25, 0.3) is 0 Å². The Labute approximate surface area is 111 Å². The van der Waals surface area contributed by atoms with Crippen molar-refractivity contribution in [3.63, 3.8) is 0 Å². The minimum atomic E-state index is -0.817. The van der Waals surface area contributed by atoms with Crippen molar-refractivity contribution >= 4 is 5.97 Å². The molecular weight excluding hydrogens is 224 g/mol. The van der Waals surface area contributed by atoms with Gasteiger partial charge in [-0.1, -0.05) is 70.8 Å². The van der Waals surface area contributed by atoms with Crippen molar-refractivity contribution in [3.05, 3.63) is 12.2 Å². The first kappa shape index (κ1) is 15.3. The van der Waals surface area contributed by atoms with Crippen LogP contribution < -0.4 is 0 Å². The molecule has 2 nitrogen and oxygen atoms in total. The van der Waals surface area contributed by atoms with Crippen LogP contribution >= 0.6 is 0 Å². The van der Waals surface area contributed by atoms with E-state index in [1.54, 1.807) is 0 Å². The minimum absolute atomic E-state index is 0.0948. The second-order valence-electron chi connectivity index (χ2n) is 6.01. The van der Waals surface area contributed by atoms with Gasteiger partial charge in [-0.3, -0.25) is 0 Å². The fraction of sp³-hybridized carbons (Fsp3) is 0.812. The highest BCUT2D eigenvalue weighted by molar-refractivity contribution is 5.79. The summed E-state index contributed by atoms with van der Waals surface area (Å²) in [6, 6.07) is 0. The van der Waals surface area contributed by atoms with E-state index < -0.39 is 5.97 Å². The molecule has 1 aliphatic carbocycles. The molecule has 0 unspecified atom stereocenters. The van der Waals surface area contributed by atoms with Crippen LogP contribution in [0.2, 0.25) is 0 Å². The lowest BCUT2D eigenvalue weighted by molar-refractivity contribution is -0.131. The fourth-order valence-electron chi connectivity index (χ4n) is 2.86. The number of hydrogen-bond acceptors (Lipinski definition) is 1. The Kier molecular flexibility index (Phi) is 7.07. The summed E-state index contributed by atoms with van der Waals surface area (Å²) in [5.41, 5.74) is 0.0948. The third kappa shape index (κ3) is 6.83. The van der Waals surface area contributed by atoms with Crippen LogP contribution in [0.15, 0.2) is 12.2 Å². The molecule has 0 amide bonds. The Hall–Kier alpha value is -0.790. The van der Waals surface area contributed by atoms with Crippen LogP contribution in [0.4, 0.5) is 0 Å². The van der Waals surface area contributed by atoms with Gasteiger partial charge in [0.05, 0.1) is 0 Å². The monoisotopic (exact) mass is 252 g/mol. The first-order chi connectivity index (χ1) is 8.62. The van der Waals surface area contributed by atoms with Crippen molar-refractivity contribution in [3.8, 4) is 0 Å². The fourth-order valence-corrected chi connectivity index (χ4v) is 2.86. The van der Waals surface area contributed by atoms with Crippen molar-refractivity contribution in [2.75, 3.05) is 0 Å². The van der Waals surface area contributed by atoms with E-state index in [-0.39, 0.29) is 5.41 Å². The number of carbonyl (C=O) groups is 1. The number of hydrogen-bond donors (Lipinski definition) is 1. The highest BCUT2D eigenvalue weighted by Gasteiger charge is 2.20. The van der Waals surface area contributed by atoms with Crippen molar-refractivity contribution in [2.24, 2.45) is 5.41 Å². The molecule has 0 saturated heterocycles. The Morgan fingerprint density at radius 1 is 0.889 bits per heavy atom. The lowest BCUT2D eigenvalue weighted by Crippen LogP contribution is -2.14. The molecule has 0 atom stereocenters. The second-order valence-corrected chi connectivity index (χ2v) is 6.01. The summed E-state index contributed by atoms with van der Waals surface area (Å²) in [6.07, 6.45) is 17.5. The number of rotatable bonds is 2. The SMILES string of the molecule is CC1(/C=C/C(=O)O)CCCCCCCCCCC1. The summed E-state index contributed by atoms with van der Waals surface area (Å²) in [6.45, 7) is 2.22. The van der Waals surface area contributed by atoms with Gasteiger partial charge in [-0.05, 0) is 18.3 Å². The third-order valence-electron chi connectivity index (χ3n) is 4.12. The highest BCUT2D eigenvalue weighted by atomic mass is 16.4. The van der Waals surface area contributed by atoms with Gasteiger partial charge in [0.15, 0.2) is 0 Å². The van der Waals surface area contributed by atoms with Crippen molar-refractivity contribution in [1.82, 2.24) is 0 Å². The zero-order valence-electron chi connectivity index (χ0n) is 11.8. The lowest BCUT2D eigenvalue weighted by atomic mass is 9.79. The summed E-state index contributed by atoms with van der Waals surface area (Å²) in [7, 11) is 0. The average Bonchev–Trinajstić information content (AvgIpc) is 2.32. The molecule has 18 heavy (non-hydrogen) atoms. The van der Waals surface area contributed by atoms with Crippen LogP contribution in [0.5, 0.6) is 0 Å². The predicted octanol–water partition coefficient (Wildman–Crippen LogP) is 4.94. The number of allylic oxidation sites excluding steroid dienone is 1. The topological polar surface area (TPSA) is 37.3 Å². The van der Waals surface area contributed by atoms with E-state index in [2.05, 4.69) is 6.92 Å². The number of carboxylic acid groups (broad SMARTS) is 1. The first-order valence-electron chi connectivity index (χ1n) is 7.55. The molecule has 0 heterocycles. The standard InChI is InChI=1S/C16H28O2/c1-16(14-11-15(17)18)12-9-7-5-3-2-4-6-8-10-13-16/h11,14H,2-10,12-13H2,1H3,(H,17,18)/b14-11+.